The van der Waals surface area contributed by atoms with Gasteiger partial charge in [0.2, 0.25) is 6.29 Å². The summed E-state index contributed by atoms with van der Waals surface area (Å²) < 4.78 is 105. The molecule has 0 bridgehead atoms. The van der Waals surface area contributed by atoms with Crippen molar-refractivity contribution >= 4 is 5.97 Å². The van der Waals surface area contributed by atoms with E-state index in [0.717, 1.165) is 17.7 Å². The second-order valence-electron chi connectivity index (χ2n) is 8.69. The largest absolute Gasteiger partial charge is 0.433 e. The third-order valence-corrected chi connectivity index (χ3v) is 6.07. The molecule has 2 atom stereocenters. The van der Waals surface area contributed by atoms with E-state index < -0.39 is 59.6 Å². The molecule has 0 N–H and O–H groups in total. The van der Waals surface area contributed by atoms with Crippen molar-refractivity contribution in [2.24, 2.45) is 0 Å². The highest BCUT2D eigenvalue weighted by molar-refractivity contribution is 5.73. The molecule has 0 aliphatic carbocycles. The summed E-state index contributed by atoms with van der Waals surface area (Å²) in [5.41, 5.74) is -3.25. The number of morpholine rings is 1. The predicted molar refractivity (Wildman–Crippen MR) is 122 cm³/mol. The van der Waals surface area contributed by atoms with E-state index in [1.165, 1.54) is 24.3 Å². The Morgan fingerprint density at radius 1 is 0.895 bits per heavy atom. The molecule has 1 aliphatic heterocycles. The van der Waals surface area contributed by atoms with Crippen molar-refractivity contribution in [3.8, 4) is 0 Å². The molecule has 3 aromatic rings. The average molecular weight is 541 g/mol. The van der Waals surface area contributed by atoms with Gasteiger partial charge in [0.25, 0.3) is 0 Å². The van der Waals surface area contributed by atoms with E-state index in [9.17, 15) is 35.5 Å². The second-order valence-corrected chi connectivity index (χ2v) is 8.69. The number of benzene rings is 3. The minimum Gasteiger partial charge on any atom is -0.433 e. The maximum atomic E-state index is 13.6. The van der Waals surface area contributed by atoms with Crippen LogP contribution in [-0.2, 0) is 39.6 Å². The molecule has 0 spiro atoms. The van der Waals surface area contributed by atoms with Crippen LogP contribution in [0.3, 0.4) is 0 Å². The number of hydrogen-bond donors (Lipinski definition) is 0. The van der Waals surface area contributed by atoms with Crippen molar-refractivity contribution in [3.63, 3.8) is 0 Å². The Kier molecular flexibility index (Phi) is 8.08. The molecule has 0 radical (unpaired) electrons. The van der Waals surface area contributed by atoms with E-state index in [-0.39, 0.29) is 6.61 Å². The van der Waals surface area contributed by atoms with E-state index in [2.05, 4.69) is 0 Å². The molecular weight excluding hydrogens is 519 g/mol. The summed E-state index contributed by atoms with van der Waals surface area (Å²) in [5.74, 6) is -1.70. The summed E-state index contributed by atoms with van der Waals surface area (Å²) in [6.07, 6.45) is -13.0. The van der Waals surface area contributed by atoms with Gasteiger partial charge in [-0.3, -0.25) is 9.69 Å². The maximum absolute atomic E-state index is 13.6. The third-order valence-electron chi connectivity index (χ3n) is 6.07. The van der Waals surface area contributed by atoms with Crippen LogP contribution in [0.25, 0.3) is 0 Å². The molecule has 4 nitrogen and oxygen atoms in total. The number of esters is 1. The summed E-state index contributed by atoms with van der Waals surface area (Å²) in [4.78, 5) is 14.7. The van der Waals surface area contributed by atoms with Crippen molar-refractivity contribution in [3.05, 3.63) is 106 Å². The Morgan fingerprint density at radius 2 is 1.58 bits per heavy atom. The van der Waals surface area contributed by atoms with Crippen LogP contribution >= 0.6 is 0 Å². The summed E-state index contributed by atoms with van der Waals surface area (Å²) in [5, 5.41) is 0. The molecule has 3 aromatic carbocycles. The van der Waals surface area contributed by atoms with Crippen LogP contribution in [-0.4, -0.2) is 30.3 Å². The molecule has 1 fully saturated rings. The number of ether oxygens (including phenoxy) is 2. The van der Waals surface area contributed by atoms with Crippen molar-refractivity contribution < 1.29 is 45.0 Å². The molecule has 0 amide bonds. The molecule has 2 unspecified atom stereocenters. The lowest BCUT2D eigenvalue weighted by Crippen LogP contribution is -2.46. The highest BCUT2D eigenvalue weighted by Crippen LogP contribution is 2.42. The van der Waals surface area contributed by atoms with Crippen LogP contribution in [0.5, 0.6) is 0 Å². The highest BCUT2D eigenvalue weighted by Gasteiger charge is 2.45. The Hall–Kier alpha value is -3.44. The molecule has 202 valence electrons. The first-order chi connectivity index (χ1) is 17.9. The van der Waals surface area contributed by atoms with Crippen LogP contribution < -0.4 is 0 Å². The number of halogens is 7. The molecule has 1 aliphatic rings. The van der Waals surface area contributed by atoms with Gasteiger partial charge in [-0.25, -0.2) is 4.39 Å². The van der Waals surface area contributed by atoms with Gasteiger partial charge in [0.15, 0.2) is 0 Å². The topological polar surface area (TPSA) is 38.8 Å². The summed E-state index contributed by atoms with van der Waals surface area (Å²) in [6, 6.07) is 15.8. The average Bonchev–Trinajstić information content (AvgIpc) is 2.84. The first kappa shape index (κ1) is 27.6. The fourth-order valence-electron chi connectivity index (χ4n) is 4.46. The summed E-state index contributed by atoms with van der Waals surface area (Å²) in [7, 11) is 0. The van der Waals surface area contributed by atoms with Crippen LogP contribution in [0.15, 0.2) is 72.8 Å². The first-order valence-electron chi connectivity index (χ1n) is 11.5. The SMILES string of the molecule is O=C(Cc1cccc(C(F)(F)F)c1C(F)(F)F)OC1OCCN(Cc2ccccc2)C1c1ccc(F)cc1. The van der Waals surface area contributed by atoms with Gasteiger partial charge in [-0.05, 0) is 34.9 Å². The van der Waals surface area contributed by atoms with Gasteiger partial charge in [0.05, 0.1) is 30.2 Å². The smallest absolute Gasteiger partial charge is 0.417 e. The first-order valence-corrected chi connectivity index (χ1v) is 11.5. The van der Waals surface area contributed by atoms with E-state index >= 15 is 0 Å². The monoisotopic (exact) mass is 541 g/mol. The van der Waals surface area contributed by atoms with Crippen molar-refractivity contribution in [1.29, 1.82) is 0 Å². The molecular formula is C27H22F7NO3. The van der Waals surface area contributed by atoms with Crippen molar-refractivity contribution in [2.45, 2.75) is 37.7 Å². The summed E-state index contributed by atoms with van der Waals surface area (Å²) in [6.45, 7) is 0.906. The number of nitrogens with zero attached hydrogens (tertiary/aromatic N) is 1. The number of rotatable bonds is 6. The molecule has 11 heteroatoms. The molecule has 0 aromatic heterocycles. The minimum atomic E-state index is -5.35. The fourth-order valence-corrected chi connectivity index (χ4v) is 4.46. The summed E-state index contributed by atoms with van der Waals surface area (Å²) >= 11 is 0. The number of carbonyl (C=O) groups excluding carboxylic acids is 1. The Bertz CT molecular complexity index is 1240. The van der Waals surface area contributed by atoms with E-state index in [4.69, 9.17) is 9.47 Å². The predicted octanol–water partition coefficient (Wildman–Crippen LogP) is 6.55. The Labute approximate surface area is 213 Å². The zero-order valence-electron chi connectivity index (χ0n) is 19.7. The zero-order valence-corrected chi connectivity index (χ0v) is 19.7. The molecule has 1 heterocycles. The van der Waals surface area contributed by atoms with Crippen LogP contribution in [0, 0.1) is 5.82 Å². The van der Waals surface area contributed by atoms with Gasteiger partial charge in [0, 0.05) is 13.1 Å². The van der Waals surface area contributed by atoms with E-state index in [1.807, 2.05) is 35.2 Å². The van der Waals surface area contributed by atoms with Crippen molar-refractivity contribution in [1.82, 2.24) is 4.90 Å². The lowest BCUT2D eigenvalue weighted by atomic mass is 9.97. The van der Waals surface area contributed by atoms with Crippen molar-refractivity contribution in [2.75, 3.05) is 13.2 Å². The molecule has 38 heavy (non-hydrogen) atoms. The van der Waals surface area contributed by atoms with E-state index in [0.29, 0.717) is 24.7 Å². The van der Waals surface area contributed by atoms with Gasteiger partial charge >= 0.3 is 18.3 Å². The zero-order chi connectivity index (χ0) is 27.5. The second kappa shape index (κ2) is 11.1. The lowest BCUT2D eigenvalue weighted by Gasteiger charge is -2.40. The van der Waals surface area contributed by atoms with Gasteiger partial charge in [-0.2, -0.15) is 26.3 Å². The maximum Gasteiger partial charge on any atom is 0.417 e. The number of hydrogen-bond acceptors (Lipinski definition) is 4. The molecule has 0 saturated carbocycles. The van der Waals surface area contributed by atoms with Gasteiger partial charge in [-0.1, -0.05) is 54.6 Å². The van der Waals surface area contributed by atoms with Gasteiger partial charge < -0.3 is 9.47 Å². The Balaban J connectivity index is 1.61. The fraction of sp³-hybridized carbons (Fsp3) is 0.296. The third kappa shape index (κ3) is 6.51. The number of alkyl halides is 6. The molecule has 1 saturated heterocycles. The van der Waals surface area contributed by atoms with Gasteiger partial charge in [-0.15, -0.1) is 0 Å². The quantitative estimate of drug-likeness (QED) is 0.262. The van der Waals surface area contributed by atoms with Crippen LogP contribution in [0.1, 0.15) is 33.9 Å². The van der Waals surface area contributed by atoms with Crippen LogP contribution in [0.2, 0.25) is 0 Å². The Morgan fingerprint density at radius 3 is 2.21 bits per heavy atom. The number of carbonyl (C=O) groups is 1. The van der Waals surface area contributed by atoms with E-state index in [1.54, 1.807) is 0 Å². The standard InChI is InChI=1S/C27H22F7NO3/c28-20-11-9-18(10-12-20)24-25(37-14-13-35(24)16-17-5-2-1-3-6-17)38-22(36)15-19-7-4-8-21(26(29,30)31)23(19)27(32,33)34/h1-12,24-25H,13-16H2. The lowest BCUT2D eigenvalue weighted by molar-refractivity contribution is -0.214. The minimum absolute atomic E-state index is 0.111. The highest BCUT2D eigenvalue weighted by atomic mass is 19.4. The van der Waals surface area contributed by atoms with Crippen LogP contribution in [0.4, 0.5) is 30.7 Å². The normalized spacial score (nSPS) is 18.8. The molecule has 4 rings (SSSR count). The van der Waals surface area contributed by atoms with Gasteiger partial charge in [0.1, 0.15) is 5.82 Å².